The summed E-state index contributed by atoms with van der Waals surface area (Å²) < 4.78 is 1.82. The molecule has 1 aliphatic carbocycles. The van der Waals surface area contributed by atoms with Crippen LogP contribution in [0.1, 0.15) is 43.4 Å². The van der Waals surface area contributed by atoms with Crippen molar-refractivity contribution in [1.82, 2.24) is 29.9 Å². The van der Waals surface area contributed by atoms with Gasteiger partial charge in [-0.1, -0.05) is 32.1 Å². The number of anilines is 2. The monoisotopic (exact) mass is 413 g/mol. The third-order valence-electron chi connectivity index (χ3n) is 6.08. The second kappa shape index (κ2) is 8.41. The van der Waals surface area contributed by atoms with E-state index in [1.807, 2.05) is 49.4 Å². The number of nitrogens with one attached hydrogen (secondary N) is 1. The SMILES string of the molecule is Cc1nn(C)cc1-c1cnc2ccc(Nc3cc(CC4CCCCC4)cnn3)nc2c1. The number of rotatable bonds is 5. The maximum Gasteiger partial charge on any atom is 0.154 e. The minimum absolute atomic E-state index is 0.729. The number of hydrogen-bond donors (Lipinski definition) is 1. The van der Waals surface area contributed by atoms with E-state index in [2.05, 4.69) is 37.7 Å². The molecule has 5 rings (SSSR count). The van der Waals surface area contributed by atoms with Crippen LogP contribution in [0.5, 0.6) is 0 Å². The van der Waals surface area contributed by atoms with Crippen LogP contribution in [0.15, 0.2) is 42.9 Å². The topological polar surface area (TPSA) is 81.4 Å². The van der Waals surface area contributed by atoms with E-state index in [1.54, 1.807) is 0 Å². The van der Waals surface area contributed by atoms with E-state index in [4.69, 9.17) is 4.98 Å². The van der Waals surface area contributed by atoms with Gasteiger partial charge in [-0.3, -0.25) is 9.67 Å². The van der Waals surface area contributed by atoms with Crippen LogP contribution >= 0.6 is 0 Å². The average molecular weight is 414 g/mol. The Labute approximate surface area is 182 Å². The Morgan fingerprint density at radius 1 is 1.03 bits per heavy atom. The molecule has 0 unspecified atom stereocenters. The minimum atomic E-state index is 0.729. The van der Waals surface area contributed by atoms with Gasteiger partial charge in [0.25, 0.3) is 0 Å². The maximum atomic E-state index is 4.77. The van der Waals surface area contributed by atoms with E-state index in [0.29, 0.717) is 0 Å². The number of hydrogen-bond acceptors (Lipinski definition) is 6. The Kier molecular flexibility index (Phi) is 5.32. The molecule has 4 heterocycles. The fourth-order valence-electron chi connectivity index (χ4n) is 4.54. The van der Waals surface area contributed by atoms with Gasteiger partial charge in [0, 0.05) is 30.6 Å². The van der Waals surface area contributed by atoms with Crippen molar-refractivity contribution in [2.75, 3.05) is 5.32 Å². The Bertz CT molecular complexity index is 1210. The van der Waals surface area contributed by atoms with Crippen LogP contribution in [-0.4, -0.2) is 29.9 Å². The highest BCUT2D eigenvalue weighted by Crippen LogP contribution is 2.28. The van der Waals surface area contributed by atoms with Crippen LogP contribution in [0.25, 0.3) is 22.2 Å². The summed E-state index contributed by atoms with van der Waals surface area (Å²) in [5.41, 5.74) is 5.98. The lowest BCUT2D eigenvalue weighted by Gasteiger charge is -2.21. The highest BCUT2D eigenvalue weighted by atomic mass is 15.2. The standard InChI is InChI=1S/C24H27N7/c1-16-20(15-31(2)30-16)19-12-22-21(25-14-19)8-9-23(27-22)28-24-11-18(13-26-29-24)10-17-6-4-3-5-7-17/h8-9,11-15,17H,3-7,10H2,1-2H3,(H,27,28,29). The van der Waals surface area contributed by atoms with E-state index in [9.17, 15) is 0 Å². The second-order valence-electron chi connectivity index (χ2n) is 8.54. The first-order valence-electron chi connectivity index (χ1n) is 11.0. The van der Waals surface area contributed by atoms with Crippen molar-refractivity contribution in [3.63, 3.8) is 0 Å². The summed E-state index contributed by atoms with van der Waals surface area (Å²) >= 11 is 0. The van der Waals surface area contributed by atoms with Crippen molar-refractivity contribution in [1.29, 1.82) is 0 Å². The molecule has 0 spiro atoms. The number of fused-ring (bicyclic) bond motifs is 1. The van der Waals surface area contributed by atoms with Crippen LogP contribution in [0.3, 0.4) is 0 Å². The Hall–Kier alpha value is -3.35. The zero-order valence-corrected chi connectivity index (χ0v) is 18.0. The number of aryl methyl sites for hydroxylation is 2. The Morgan fingerprint density at radius 3 is 2.71 bits per heavy atom. The van der Waals surface area contributed by atoms with Gasteiger partial charge < -0.3 is 5.32 Å². The number of aromatic nitrogens is 6. The highest BCUT2D eigenvalue weighted by Gasteiger charge is 2.15. The van der Waals surface area contributed by atoms with E-state index in [-0.39, 0.29) is 0 Å². The number of nitrogens with zero attached hydrogens (tertiary/aromatic N) is 6. The first-order valence-corrected chi connectivity index (χ1v) is 11.0. The zero-order chi connectivity index (χ0) is 21.2. The minimum Gasteiger partial charge on any atom is -0.323 e. The summed E-state index contributed by atoms with van der Waals surface area (Å²) in [4.78, 5) is 9.35. The third kappa shape index (κ3) is 4.40. The predicted molar refractivity (Wildman–Crippen MR) is 122 cm³/mol. The van der Waals surface area contributed by atoms with Crippen LogP contribution in [0, 0.1) is 12.8 Å². The molecule has 0 amide bonds. The fraction of sp³-hybridized carbons (Fsp3) is 0.375. The molecule has 31 heavy (non-hydrogen) atoms. The largest absolute Gasteiger partial charge is 0.323 e. The molecule has 1 saturated carbocycles. The maximum absolute atomic E-state index is 4.77. The molecule has 158 valence electrons. The molecule has 4 aromatic rings. The molecule has 1 aliphatic rings. The number of pyridine rings is 2. The second-order valence-corrected chi connectivity index (χ2v) is 8.54. The lowest BCUT2D eigenvalue weighted by molar-refractivity contribution is 0.356. The van der Waals surface area contributed by atoms with E-state index < -0.39 is 0 Å². The lowest BCUT2D eigenvalue weighted by atomic mass is 9.85. The predicted octanol–water partition coefficient (Wildman–Crippen LogP) is 5.00. The molecule has 0 aliphatic heterocycles. The summed E-state index contributed by atoms with van der Waals surface area (Å²) in [6, 6.07) is 8.06. The van der Waals surface area contributed by atoms with Crippen LogP contribution in [0.2, 0.25) is 0 Å². The van der Waals surface area contributed by atoms with E-state index in [1.165, 1.54) is 37.7 Å². The lowest BCUT2D eigenvalue weighted by Crippen LogP contribution is -2.10. The van der Waals surface area contributed by atoms with Crippen LogP contribution in [0.4, 0.5) is 11.6 Å². The quantitative estimate of drug-likeness (QED) is 0.496. The van der Waals surface area contributed by atoms with Gasteiger partial charge in [-0.25, -0.2) is 4.98 Å². The van der Waals surface area contributed by atoms with Gasteiger partial charge in [0.2, 0.25) is 0 Å². The molecule has 7 nitrogen and oxygen atoms in total. The van der Waals surface area contributed by atoms with E-state index in [0.717, 1.165) is 51.8 Å². The van der Waals surface area contributed by atoms with Gasteiger partial charge >= 0.3 is 0 Å². The van der Waals surface area contributed by atoms with E-state index >= 15 is 0 Å². The van der Waals surface area contributed by atoms with Crippen molar-refractivity contribution in [2.24, 2.45) is 13.0 Å². The van der Waals surface area contributed by atoms with Crippen molar-refractivity contribution in [3.8, 4) is 11.1 Å². The summed E-state index contributed by atoms with van der Waals surface area (Å²) in [7, 11) is 1.93. The summed E-state index contributed by atoms with van der Waals surface area (Å²) in [5.74, 6) is 2.23. The van der Waals surface area contributed by atoms with Gasteiger partial charge in [-0.15, -0.1) is 5.10 Å². The average Bonchev–Trinajstić information content (AvgIpc) is 3.12. The van der Waals surface area contributed by atoms with Crippen molar-refractivity contribution in [2.45, 2.75) is 45.4 Å². The molecular formula is C24H27N7. The summed E-state index contributed by atoms with van der Waals surface area (Å²) in [6.07, 6.45) is 13.6. The smallest absolute Gasteiger partial charge is 0.154 e. The molecule has 1 N–H and O–H groups in total. The molecule has 0 bridgehead atoms. The van der Waals surface area contributed by atoms with Gasteiger partial charge in [-0.05, 0) is 49.1 Å². The fourth-order valence-corrected chi connectivity index (χ4v) is 4.54. The van der Waals surface area contributed by atoms with Crippen molar-refractivity contribution >= 4 is 22.7 Å². The van der Waals surface area contributed by atoms with Gasteiger partial charge in [0.1, 0.15) is 5.82 Å². The molecular weight excluding hydrogens is 386 g/mol. The van der Waals surface area contributed by atoms with Crippen molar-refractivity contribution in [3.05, 3.63) is 54.1 Å². The van der Waals surface area contributed by atoms with Gasteiger partial charge in [-0.2, -0.15) is 10.2 Å². The van der Waals surface area contributed by atoms with Crippen molar-refractivity contribution < 1.29 is 0 Å². The van der Waals surface area contributed by atoms with Crippen LogP contribution in [-0.2, 0) is 13.5 Å². The molecule has 1 fully saturated rings. The summed E-state index contributed by atoms with van der Waals surface area (Å²) in [6.45, 7) is 2.00. The Balaban J connectivity index is 1.37. The summed E-state index contributed by atoms with van der Waals surface area (Å²) in [5, 5.41) is 16.2. The third-order valence-corrected chi connectivity index (χ3v) is 6.08. The molecule has 0 aromatic carbocycles. The first kappa shape index (κ1) is 19.6. The van der Waals surface area contributed by atoms with Crippen LogP contribution < -0.4 is 5.32 Å². The molecule has 0 atom stereocenters. The van der Waals surface area contributed by atoms with Gasteiger partial charge in [0.05, 0.1) is 22.9 Å². The normalized spacial score (nSPS) is 14.8. The molecule has 4 aromatic heterocycles. The van der Waals surface area contributed by atoms with Gasteiger partial charge in [0.15, 0.2) is 5.82 Å². The Morgan fingerprint density at radius 2 is 1.90 bits per heavy atom. The molecule has 0 radical (unpaired) electrons. The highest BCUT2D eigenvalue weighted by molar-refractivity contribution is 5.82. The molecule has 0 saturated heterocycles. The molecule has 7 heteroatoms. The zero-order valence-electron chi connectivity index (χ0n) is 18.0. The first-order chi connectivity index (χ1) is 15.1.